The number of aromatic nitrogens is 2. The zero-order valence-electron chi connectivity index (χ0n) is 12.3. The monoisotopic (exact) mass is 301 g/mol. The van der Waals surface area contributed by atoms with Crippen LogP contribution in [0.3, 0.4) is 0 Å². The van der Waals surface area contributed by atoms with Crippen LogP contribution in [0.5, 0.6) is 0 Å². The summed E-state index contributed by atoms with van der Waals surface area (Å²) in [5.41, 5.74) is 1.23. The highest BCUT2D eigenvalue weighted by Gasteiger charge is 2.39. The average Bonchev–Trinajstić information content (AvgIpc) is 3.14. The zero-order valence-corrected chi connectivity index (χ0v) is 13.2. The molecule has 0 spiro atoms. The third-order valence-electron chi connectivity index (χ3n) is 3.75. The molecule has 0 atom stereocenters. The molecule has 0 bridgehead atoms. The maximum atomic E-state index is 12.9. The van der Waals surface area contributed by atoms with Gasteiger partial charge in [0.15, 0.2) is 0 Å². The van der Waals surface area contributed by atoms with Crippen molar-refractivity contribution in [1.82, 2.24) is 14.1 Å². The standard InChI is InChI=1S/C13H23N3O3S/c1-10-13(11(2)15(3)14-10)20(18,19)16(12-6-7-12)8-4-5-9-17/h12,17H,4-9H2,1-3H3. The van der Waals surface area contributed by atoms with E-state index in [-0.39, 0.29) is 12.6 Å². The topological polar surface area (TPSA) is 75.4 Å². The van der Waals surface area contributed by atoms with E-state index in [0.29, 0.717) is 35.7 Å². The molecule has 0 radical (unpaired) electrons. The molecular weight excluding hydrogens is 278 g/mol. The van der Waals surface area contributed by atoms with E-state index in [1.807, 2.05) is 0 Å². The van der Waals surface area contributed by atoms with Crippen molar-refractivity contribution >= 4 is 10.0 Å². The van der Waals surface area contributed by atoms with E-state index in [1.165, 1.54) is 0 Å². The summed E-state index contributed by atoms with van der Waals surface area (Å²) in [4.78, 5) is 0.343. The lowest BCUT2D eigenvalue weighted by atomic mass is 10.3. The Hall–Kier alpha value is -0.920. The van der Waals surface area contributed by atoms with Crippen LogP contribution in [0.15, 0.2) is 4.90 Å². The Balaban J connectivity index is 2.30. The van der Waals surface area contributed by atoms with Crippen LogP contribution in [-0.2, 0) is 17.1 Å². The highest BCUT2D eigenvalue weighted by Crippen LogP contribution is 2.34. The molecule has 1 aromatic rings. The summed E-state index contributed by atoms with van der Waals surface area (Å²) in [6, 6.07) is 0.123. The van der Waals surface area contributed by atoms with E-state index in [9.17, 15) is 8.42 Å². The molecule has 2 rings (SSSR count). The molecule has 0 unspecified atom stereocenters. The highest BCUT2D eigenvalue weighted by atomic mass is 32.2. The lowest BCUT2D eigenvalue weighted by Crippen LogP contribution is -2.34. The Morgan fingerprint density at radius 2 is 2.00 bits per heavy atom. The van der Waals surface area contributed by atoms with Gasteiger partial charge in [-0.2, -0.15) is 9.40 Å². The van der Waals surface area contributed by atoms with Gasteiger partial charge in [-0.05, 0) is 39.5 Å². The molecule has 1 heterocycles. The first-order valence-corrected chi connectivity index (χ1v) is 8.46. The number of hydrogen-bond donors (Lipinski definition) is 1. The van der Waals surface area contributed by atoms with Gasteiger partial charge in [-0.3, -0.25) is 4.68 Å². The maximum Gasteiger partial charge on any atom is 0.246 e. The van der Waals surface area contributed by atoms with Crippen molar-refractivity contribution in [3.63, 3.8) is 0 Å². The SMILES string of the molecule is Cc1nn(C)c(C)c1S(=O)(=O)N(CCCCO)C1CC1. The van der Waals surface area contributed by atoms with Gasteiger partial charge in [-0.1, -0.05) is 0 Å². The summed E-state index contributed by atoms with van der Waals surface area (Å²) in [6.45, 7) is 4.09. The number of aliphatic hydroxyl groups is 1. The summed E-state index contributed by atoms with van der Waals surface area (Å²) in [7, 11) is -1.73. The van der Waals surface area contributed by atoms with E-state index < -0.39 is 10.0 Å². The number of hydrogen-bond acceptors (Lipinski definition) is 4. The first kappa shape index (κ1) is 15.5. The Kier molecular flexibility index (Phi) is 4.51. The van der Waals surface area contributed by atoms with Crippen molar-refractivity contribution in [3.05, 3.63) is 11.4 Å². The Morgan fingerprint density at radius 3 is 2.45 bits per heavy atom. The highest BCUT2D eigenvalue weighted by molar-refractivity contribution is 7.89. The first-order valence-electron chi connectivity index (χ1n) is 7.02. The molecule has 1 N–H and O–H groups in total. The van der Waals surface area contributed by atoms with Gasteiger partial charge in [-0.15, -0.1) is 0 Å². The van der Waals surface area contributed by atoms with E-state index in [2.05, 4.69) is 5.10 Å². The molecule has 1 aliphatic carbocycles. The zero-order chi connectivity index (χ0) is 14.9. The molecular formula is C13H23N3O3S. The van der Waals surface area contributed by atoms with E-state index in [0.717, 1.165) is 12.8 Å². The minimum absolute atomic E-state index is 0.101. The number of unbranched alkanes of at least 4 members (excludes halogenated alkanes) is 1. The molecule has 0 aliphatic heterocycles. The number of aliphatic hydroxyl groups excluding tert-OH is 1. The van der Waals surface area contributed by atoms with Crippen LogP contribution < -0.4 is 0 Å². The largest absolute Gasteiger partial charge is 0.396 e. The number of rotatable bonds is 7. The van der Waals surface area contributed by atoms with Crippen LogP contribution in [0.4, 0.5) is 0 Å². The second-order valence-electron chi connectivity index (χ2n) is 5.40. The minimum atomic E-state index is -3.49. The number of sulfonamides is 1. The van der Waals surface area contributed by atoms with Gasteiger partial charge in [-0.25, -0.2) is 8.42 Å². The fourth-order valence-corrected chi connectivity index (χ4v) is 4.61. The molecule has 7 heteroatoms. The van der Waals surface area contributed by atoms with E-state index >= 15 is 0 Å². The molecule has 0 amide bonds. The number of nitrogens with zero attached hydrogens (tertiary/aromatic N) is 3. The van der Waals surface area contributed by atoms with Gasteiger partial charge in [0.2, 0.25) is 10.0 Å². The third kappa shape index (κ3) is 2.89. The smallest absolute Gasteiger partial charge is 0.246 e. The van der Waals surface area contributed by atoms with E-state index in [4.69, 9.17) is 5.11 Å². The summed E-state index contributed by atoms with van der Waals surface area (Å²) >= 11 is 0. The lowest BCUT2D eigenvalue weighted by molar-refractivity contribution is 0.275. The van der Waals surface area contributed by atoms with Crippen LogP contribution in [0.25, 0.3) is 0 Å². The van der Waals surface area contributed by atoms with Crippen LogP contribution in [0.2, 0.25) is 0 Å². The fourth-order valence-electron chi connectivity index (χ4n) is 2.49. The van der Waals surface area contributed by atoms with Gasteiger partial charge in [0.1, 0.15) is 4.90 Å². The number of aryl methyl sites for hydroxylation is 2. The normalized spacial score (nSPS) is 16.1. The van der Waals surface area contributed by atoms with Gasteiger partial charge in [0.05, 0.1) is 11.4 Å². The summed E-state index contributed by atoms with van der Waals surface area (Å²) in [5.74, 6) is 0. The van der Waals surface area contributed by atoms with Crippen molar-refractivity contribution in [2.45, 2.75) is 50.5 Å². The summed E-state index contributed by atoms with van der Waals surface area (Å²) in [5, 5.41) is 13.1. The van der Waals surface area contributed by atoms with E-state index in [1.54, 1.807) is 29.9 Å². The summed E-state index contributed by atoms with van der Waals surface area (Å²) < 4.78 is 29.0. The second kappa shape index (κ2) is 5.83. The van der Waals surface area contributed by atoms with Crippen molar-refractivity contribution in [1.29, 1.82) is 0 Å². The summed E-state index contributed by atoms with van der Waals surface area (Å²) in [6.07, 6.45) is 3.17. The van der Waals surface area contributed by atoms with Crippen molar-refractivity contribution < 1.29 is 13.5 Å². The molecule has 20 heavy (non-hydrogen) atoms. The second-order valence-corrected chi connectivity index (χ2v) is 7.23. The Morgan fingerprint density at radius 1 is 1.35 bits per heavy atom. The lowest BCUT2D eigenvalue weighted by Gasteiger charge is -2.22. The van der Waals surface area contributed by atoms with Crippen molar-refractivity contribution in [2.24, 2.45) is 7.05 Å². The van der Waals surface area contributed by atoms with Crippen LogP contribution in [-0.4, -0.2) is 46.8 Å². The Labute approximate surface area is 120 Å². The molecule has 1 aliphatic rings. The predicted molar refractivity (Wildman–Crippen MR) is 75.9 cm³/mol. The van der Waals surface area contributed by atoms with Crippen LogP contribution in [0.1, 0.15) is 37.1 Å². The third-order valence-corrected chi connectivity index (χ3v) is 5.95. The van der Waals surface area contributed by atoms with Gasteiger partial charge >= 0.3 is 0 Å². The molecule has 114 valence electrons. The predicted octanol–water partition coefficient (Wildman–Crippen LogP) is 0.963. The minimum Gasteiger partial charge on any atom is -0.396 e. The molecule has 1 saturated carbocycles. The average molecular weight is 301 g/mol. The fraction of sp³-hybridized carbons (Fsp3) is 0.769. The molecule has 0 aromatic carbocycles. The molecule has 0 saturated heterocycles. The molecule has 1 aromatic heterocycles. The van der Waals surface area contributed by atoms with Gasteiger partial charge < -0.3 is 5.11 Å². The van der Waals surface area contributed by atoms with Gasteiger partial charge in [0, 0.05) is 26.2 Å². The first-order chi connectivity index (χ1) is 9.39. The molecule has 1 fully saturated rings. The van der Waals surface area contributed by atoms with Crippen molar-refractivity contribution in [2.75, 3.05) is 13.2 Å². The maximum absolute atomic E-state index is 12.9. The van der Waals surface area contributed by atoms with Crippen molar-refractivity contribution in [3.8, 4) is 0 Å². The van der Waals surface area contributed by atoms with Gasteiger partial charge in [0.25, 0.3) is 0 Å². The quantitative estimate of drug-likeness (QED) is 0.761. The van der Waals surface area contributed by atoms with Crippen LogP contribution >= 0.6 is 0 Å². The van der Waals surface area contributed by atoms with Crippen LogP contribution in [0, 0.1) is 13.8 Å². The Bertz CT molecular complexity index is 576. The molecule has 6 nitrogen and oxygen atoms in total.